The first-order chi connectivity index (χ1) is 11.4. The quantitative estimate of drug-likeness (QED) is 0.836. The first-order valence-electron chi connectivity index (χ1n) is 7.73. The summed E-state index contributed by atoms with van der Waals surface area (Å²) in [5.74, 6) is 0. The van der Waals surface area contributed by atoms with E-state index in [-0.39, 0.29) is 6.04 Å². The van der Waals surface area contributed by atoms with Crippen LogP contribution < -0.4 is 5.32 Å². The van der Waals surface area contributed by atoms with Crippen LogP contribution in [0.1, 0.15) is 27.6 Å². The predicted molar refractivity (Wildman–Crippen MR) is 91.8 cm³/mol. The number of halogens is 4. The molecule has 7 heteroatoms. The molecule has 2 aromatic rings. The highest BCUT2D eigenvalue weighted by Crippen LogP contribution is 2.40. The number of rotatable bonds is 3. The molecule has 1 saturated heterocycles. The van der Waals surface area contributed by atoms with E-state index in [1.54, 1.807) is 11.3 Å². The smallest absolute Gasteiger partial charge is 0.314 e. The van der Waals surface area contributed by atoms with Gasteiger partial charge in [-0.15, -0.1) is 11.3 Å². The third-order valence-electron chi connectivity index (χ3n) is 4.28. The number of nitrogens with one attached hydrogen (secondary N) is 1. The minimum Gasteiger partial charge on any atom is -0.314 e. The Bertz CT molecular complexity index is 708. The van der Waals surface area contributed by atoms with Crippen LogP contribution in [0.25, 0.3) is 0 Å². The molecule has 1 N–H and O–H groups in total. The summed E-state index contributed by atoms with van der Waals surface area (Å²) in [6.07, 6.45) is -4.38. The first kappa shape index (κ1) is 17.7. The van der Waals surface area contributed by atoms with Gasteiger partial charge in [-0.3, -0.25) is 4.90 Å². The van der Waals surface area contributed by atoms with Crippen molar-refractivity contribution in [3.8, 4) is 0 Å². The normalized spacial score (nSPS) is 17.9. The molecule has 1 unspecified atom stereocenters. The molecule has 0 bridgehead atoms. The number of benzene rings is 1. The van der Waals surface area contributed by atoms with Gasteiger partial charge in [-0.05, 0) is 47.7 Å². The summed E-state index contributed by atoms with van der Waals surface area (Å²) in [5.41, 5.74) is 0.951. The van der Waals surface area contributed by atoms with Crippen LogP contribution in [0.5, 0.6) is 0 Å². The van der Waals surface area contributed by atoms with Crippen LogP contribution in [0.3, 0.4) is 0 Å². The Labute approximate surface area is 148 Å². The number of thiophene rings is 1. The molecule has 2 nitrogen and oxygen atoms in total. The second-order valence-corrected chi connectivity index (χ2v) is 7.25. The number of piperazine rings is 1. The Hall–Kier alpha value is -1.08. The minimum absolute atomic E-state index is 0.248. The van der Waals surface area contributed by atoms with E-state index in [0.717, 1.165) is 42.7 Å². The van der Waals surface area contributed by atoms with Crippen molar-refractivity contribution in [2.75, 3.05) is 26.2 Å². The van der Waals surface area contributed by atoms with E-state index in [0.29, 0.717) is 10.6 Å². The number of nitrogens with zero attached hydrogens (tertiary/aromatic N) is 1. The van der Waals surface area contributed by atoms with Gasteiger partial charge in [-0.2, -0.15) is 13.2 Å². The summed E-state index contributed by atoms with van der Waals surface area (Å²) < 4.78 is 39.5. The maximum atomic E-state index is 13.2. The van der Waals surface area contributed by atoms with Crippen LogP contribution in [0.15, 0.2) is 29.6 Å². The van der Waals surface area contributed by atoms with Gasteiger partial charge in [0.15, 0.2) is 0 Å². The van der Waals surface area contributed by atoms with E-state index in [1.165, 1.54) is 12.1 Å². The fourth-order valence-electron chi connectivity index (χ4n) is 3.04. The first-order valence-corrected chi connectivity index (χ1v) is 8.99. The zero-order valence-corrected chi connectivity index (χ0v) is 14.7. The second kappa shape index (κ2) is 7.04. The monoisotopic (exact) mass is 374 g/mol. The standard InChI is InChI=1S/C17H18ClF3N2S/c1-11-4-9-24-16(11)15(23-7-5-22-6-8-23)13-10-12(17(19,20)21)2-3-14(13)18/h2-4,9-10,15,22H,5-8H2,1H3. The highest BCUT2D eigenvalue weighted by molar-refractivity contribution is 7.10. The van der Waals surface area contributed by atoms with Crippen molar-refractivity contribution in [1.82, 2.24) is 10.2 Å². The van der Waals surface area contributed by atoms with Crippen molar-refractivity contribution in [1.29, 1.82) is 0 Å². The highest BCUT2D eigenvalue weighted by Gasteiger charge is 2.34. The van der Waals surface area contributed by atoms with Gasteiger partial charge < -0.3 is 5.32 Å². The van der Waals surface area contributed by atoms with Gasteiger partial charge in [0.05, 0.1) is 11.6 Å². The van der Waals surface area contributed by atoms with E-state index in [4.69, 9.17) is 11.6 Å². The van der Waals surface area contributed by atoms with Crippen molar-refractivity contribution in [3.63, 3.8) is 0 Å². The Morgan fingerprint density at radius 3 is 2.50 bits per heavy atom. The third-order valence-corrected chi connectivity index (χ3v) is 5.70. The molecule has 1 aliphatic rings. The van der Waals surface area contributed by atoms with Gasteiger partial charge in [0.2, 0.25) is 0 Å². The maximum absolute atomic E-state index is 13.2. The average Bonchev–Trinajstić information content (AvgIpc) is 2.95. The lowest BCUT2D eigenvalue weighted by Crippen LogP contribution is -2.45. The highest BCUT2D eigenvalue weighted by atomic mass is 35.5. The molecule has 130 valence electrons. The summed E-state index contributed by atoms with van der Waals surface area (Å²) >= 11 is 7.89. The molecule has 0 amide bonds. The maximum Gasteiger partial charge on any atom is 0.416 e. The number of aryl methyl sites for hydroxylation is 1. The van der Waals surface area contributed by atoms with Crippen molar-refractivity contribution >= 4 is 22.9 Å². The third kappa shape index (κ3) is 3.61. The van der Waals surface area contributed by atoms with E-state index >= 15 is 0 Å². The van der Waals surface area contributed by atoms with Crippen LogP contribution in [-0.2, 0) is 6.18 Å². The summed E-state index contributed by atoms with van der Waals surface area (Å²) in [6, 6.07) is 5.35. The Balaban J connectivity index is 2.10. The van der Waals surface area contributed by atoms with Crippen molar-refractivity contribution < 1.29 is 13.2 Å². The molecule has 1 fully saturated rings. The summed E-state index contributed by atoms with van der Waals surface area (Å²) in [6.45, 7) is 5.17. The number of hydrogen-bond donors (Lipinski definition) is 1. The second-order valence-electron chi connectivity index (χ2n) is 5.89. The van der Waals surface area contributed by atoms with E-state index in [2.05, 4.69) is 10.2 Å². The van der Waals surface area contributed by atoms with Crippen LogP contribution in [0.4, 0.5) is 13.2 Å². The lowest BCUT2D eigenvalue weighted by atomic mass is 9.98. The zero-order chi connectivity index (χ0) is 17.3. The van der Waals surface area contributed by atoms with Crippen molar-refractivity contribution in [2.45, 2.75) is 19.1 Å². The van der Waals surface area contributed by atoms with E-state index in [9.17, 15) is 13.2 Å². The van der Waals surface area contributed by atoms with Crippen LogP contribution in [0, 0.1) is 6.92 Å². The molecule has 1 atom stereocenters. The molecule has 0 radical (unpaired) electrons. The fourth-order valence-corrected chi connectivity index (χ4v) is 4.34. The molecular formula is C17H18ClF3N2S. The number of alkyl halides is 3. The zero-order valence-electron chi connectivity index (χ0n) is 13.2. The van der Waals surface area contributed by atoms with E-state index in [1.807, 2.05) is 18.4 Å². The molecule has 0 spiro atoms. The lowest BCUT2D eigenvalue weighted by Gasteiger charge is -2.35. The number of hydrogen-bond acceptors (Lipinski definition) is 3. The molecular weight excluding hydrogens is 357 g/mol. The van der Waals surface area contributed by atoms with Crippen molar-refractivity contribution in [2.24, 2.45) is 0 Å². The van der Waals surface area contributed by atoms with E-state index < -0.39 is 11.7 Å². The molecule has 1 aliphatic heterocycles. The van der Waals surface area contributed by atoms with Gasteiger partial charge >= 0.3 is 6.18 Å². The molecule has 1 aromatic carbocycles. The summed E-state index contributed by atoms with van der Waals surface area (Å²) in [5, 5.41) is 5.63. The van der Waals surface area contributed by atoms with Crippen molar-refractivity contribution in [3.05, 3.63) is 56.2 Å². The van der Waals surface area contributed by atoms with Gasteiger partial charge in [0.1, 0.15) is 0 Å². The fraction of sp³-hybridized carbons (Fsp3) is 0.412. The van der Waals surface area contributed by atoms with Crippen LogP contribution in [-0.4, -0.2) is 31.1 Å². The minimum atomic E-state index is -4.38. The molecule has 24 heavy (non-hydrogen) atoms. The van der Waals surface area contributed by atoms with Crippen LogP contribution in [0.2, 0.25) is 5.02 Å². The van der Waals surface area contributed by atoms with Crippen LogP contribution >= 0.6 is 22.9 Å². The Morgan fingerprint density at radius 1 is 1.21 bits per heavy atom. The Kier molecular flexibility index (Phi) is 5.20. The SMILES string of the molecule is Cc1ccsc1C(c1cc(C(F)(F)F)ccc1Cl)N1CCNCC1. The van der Waals surface area contributed by atoms with Gasteiger partial charge in [-0.1, -0.05) is 11.6 Å². The lowest BCUT2D eigenvalue weighted by molar-refractivity contribution is -0.137. The average molecular weight is 375 g/mol. The Morgan fingerprint density at radius 2 is 1.92 bits per heavy atom. The molecule has 0 saturated carbocycles. The summed E-state index contributed by atoms with van der Waals surface area (Å²) in [7, 11) is 0. The topological polar surface area (TPSA) is 15.3 Å². The molecule has 3 rings (SSSR count). The molecule has 1 aromatic heterocycles. The van der Waals surface area contributed by atoms with Gasteiger partial charge in [0, 0.05) is 36.1 Å². The molecule has 2 heterocycles. The molecule has 0 aliphatic carbocycles. The summed E-state index contributed by atoms with van der Waals surface area (Å²) in [4.78, 5) is 3.26. The largest absolute Gasteiger partial charge is 0.416 e. The van der Waals surface area contributed by atoms with Gasteiger partial charge in [0.25, 0.3) is 0 Å². The predicted octanol–water partition coefficient (Wildman–Crippen LogP) is 4.72. The van der Waals surface area contributed by atoms with Gasteiger partial charge in [-0.25, -0.2) is 0 Å².